The van der Waals surface area contributed by atoms with Gasteiger partial charge in [-0.3, -0.25) is 14.8 Å². The Bertz CT molecular complexity index is 449. The monoisotopic (exact) mass is 252 g/mol. The highest BCUT2D eigenvalue weighted by molar-refractivity contribution is 6.04. The largest absolute Gasteiger partial charge is 0.458 e. The van der Waals surface area contributed by atoms with Gasteiger partial charge in [0, 0.05) is 0 Å². The molecule has 1 saturated carbocycles. The highest BCUT2D eigenvalue weighted by Crippen LogP contribution is 2.23. The average Bonchev–Trinajstić information content (AvgIpc) is 2.87. The van der Waals surface area contributed by atoms with E-state index in [9.17, 15) is 14.8 Å². The molecular formula is C12H16N2O4. The number of hydrogen-bond acceptors (Lipinski definition) is 4. The molecule has 18 heavy (non-hydrogen) atoms. The zero-order valence-electron chi connectivity index (χ0n) is 9.96. The van der Waals surface area contributed by atoms with Crippen LogP contribution in [-0.2, 0) is 0 Å². The number of nitrogens with zero attached hydrogens (tertiary/aromatic N) is 1. The fourth-order valence-corrected chi connectivity index (χ4v) is 2.26. The fourth-order valence-electron chi connectivity index (χ4n) is 2.26. The van der Waals surface area contributed by atoms with Crippen molar-refractivity contribution in [3.8, 4) is 0 Å². The molecule has 6 heteroatoms. The van der Waals surface area contributed by atoms with Gasteiger partial charge >= 0.3 is 5.91 Å². The second-order valence-electron chi connectivity index (χ2n) is 4.47. The minimum Gasteiger partial charge on any atom is -0.458 e. The number of hydrogen-bond donors (Lipinski definition) is 2. The Morgan fingerprint density at radius 3 is 2.61 bits per heavy atom. The summed E-state index contributed by atoms with van der Waals surface area (Å²) in [6.45, 7) is 0. The number of rotatable bonds is 3. The number of primary amides is 1. The molecule has 0 unspecified atom stereocenters. The first-order valence-electron chi connectivity index (χ1n) is 6.01. The maximum atomic E-state index is 12.0. The van der Waals surface area contributed by atoms with Crippen molar-refractivity contribution in [2.45, 2.75) is 38.1 Å². The predicted molar refractivity (Wildman–Crippen MR) is 62.1 cm³/mol. The molecule has 0 spiro atoms. The molecule has 1 aromatic rings. The smallest absolute Gasteiger partial charge is 0.313 e. The fraction of sp³-hybridized carbons (Fsp3) is 0.500. The van der Waals surface area contributed by atoms with E-state index in [-0.39, 0.29) is 17.4 Å². The molecule has 6 nitrogen and oxygen atoms in total. The van der Waals surface area contributed by atoms with Crippen molar-refractivity contribution in [2.24, 2.45) is 5.73 Å². The van der Waals surface area contributed by atoms with Crippen LogP contribution in [0.4, 0.5) is 0 Å². The second kappa shape index (κ2) is 5.22. The van der Waals surface area contributed by atoms with Crippen LogP contribution in [0.5, 0.6) is 0 Å². The van der Waals surface area contributed by atoms with Crippen molar-refractivity contribution in [1.82, 2.24) is 5.06 Å². The Kier molecular flexibility index (Phi) is 3.66. The SMILES string of the molecule is NC(=O)c1ccoc1C(=O)N(O)C1CCCCC1. The number of hydroxylamine groups is 2. The van der Waals surface area contributed by atoms with Gasteiger partial charge in [0.15, 0.2) is 0 Å². The molecule has 0 atom stereocenters. The first-order valence-corrected chi connectivity index (χ1v) is 6.01. The van der Waals surface area contributed by atoms with Crippen molar-refractivity contribution < 1.29 is 19.2 Å². The molecule has 1 aliphatic carbocycles. The third kappa shape index (κ3) is 2.38. The Morgan fingerprint density at radius 1 is 1.33 bits per heavy atom. The van der Waals surface area contributed by atoms with Gasteiger partial charge in [-0.2, -0.15) is 0 Å². The van der Waals surface area contributed by atoms with Crippen molar-refractivity contribution >= 4 is 11.8 Å². The molecule has 1 aliphatic rings. The van der Waals surface area contributed by atoms with E-state index in [0.717, 1.165) is 32.1 Å². The van der Waals surface area contributed by atoms with Crippen LogP contribution in [0, 0.1) is 0 Å². The number of amides is 2. The van der Waals surface area contributed by atoms with Crippen molar-refractivity contribution in [3.05, 3.63) is 23.7 Å². The molecule has 2 rings (SSSR count). The Hall–Kier alpha value is -1.82. The lowest BCUT2D eigenvalue weighted by Crippen LogP contribution is -2.39. The van der Waals surface area contributed by atoms with E-state index in [1.54, 1.807) is 0 Å². The summed E-state index contributed by atoms with van der Waals surface area (Å²) in [5, 5.41) is 10.6. The summed E-state index contributed by atoms with van der Waals surface area (Å²) in [6.07, 6.45) is 5.81. The topological polar surface area (TPSA) is 96.8 Å². The van der Waals surface area contributed by atoms with Crippen molar-refractivity contribution in [2.75, 3.05) is 0 Å². The zero-order chi connectivity index (χ0) is 13.1. The first-order chi connectivity index (χ1) is 8.61. The normalized spacial score (nSPS) is 16.5. The summed E-state index contributed by atoms with van der Waals surface area (Å²) < 4.78 is 4.95. The quantitative estimate of drug-likeness (QED) is 0.630. The molecular weight excluding hydrogens is 236 g/mol. The number of nitrogens with two attached hydrogens (primary N) is 1. The molecule has 0 bridgehead atoms. The lowest BCUT2D eigenvalue weighted by atomic mass is 9.95. The van der Waals surface area contributed by atoms with Crippen molar-refractivity contribution in [3.63, 3.8) is 0 Å². The van der Waals surface area contributed by atoms with E-state index in [1.165, 1.54) is 12.3 Å². The molecule has 3 N–H and O–H groups in total. The Morgan fingerprint density at radius 2 is 2.00 bits per heavy atom. The predicted octanol–water partition coefficient (Wildman–Crippen LogP) is 1.54. The lowest BCUT2D eigenvalue weighted by Gasteiger charge is -2.28. The van der Waals surface area contributed by atoms with E-state index in [4.69, 9.17) is 10.2 Å². The molecule has 98 valence electrons. The minimum atomic E-state index is -0.746. The summed E-state index contributed by atoms with van der Waals surface area (Å²) in [4.78, 5) is 23.1. The highest BCUT2D eigenvalue weighted by Gasteiger charge is 2.29. The van der Waals surface area contributed by atoms with E-state index >= 15 is 0 Å². The van der Waals surface area contributed by atoms with Crippen LogP contribution < -0.4 is 5.73 Å². The zero-order valence-corrected chi connectivity index (χ0v) is 9.96. The molecule has 0 aliphatic heterocycles. The number of carbonyl (C=O) groups is 2. The molecule has 0 aromatic carbocycles. The van der Waals surface area contributed by atoms with Crippen LogP contribution in [0.3, 0.4) is 0 Å². The van der Waals surface area contributed by atoms with Gasteiger partial charge in [0.2, 0.25) is 5.76 Å². The average molecular weight is 252 g/mol. The van der Waals surface area contributed by atoms with Crippen LogP contribution in [0.15, 0.2) is 16.7 Å². The van der Waals surface area contributed by atoms with Gasteiger partial charge < -0.3 is 10.2 Å². The van der Waals surface area contributed by atoms with Gasteiger partial charge in [-0.25, -0.2) is 5.06 Å². The maximum Gasteiger partial charge on any atom is 0.313 e. The Labute approximate surface area is 104 Å². The molecule has 0 radical (unpaired) electrons. The summed E-state index contributed by atoms with van der Waals surface area (Å²) in [7, 11) is 0. The van der Waals surface area contributed by atoms with E-state index in [2.05, 4.69) is 0 Å². The van der Waals surface area contributed by atoms with Gasteiger partial charge in [0.25, 0.3) is 5.91 Å². The van der Waals surface area contributed by atoms with Crippen molar-refractivity contribution in [1.29, 1.82) is 0 Å². The van der Waals surface area contributed by atoms with Crippen LogP contribution in [0.1, 0.15) is 53.0 Å². The number of carbonyl (C=O) groups excluding carboxylic acids is 2. The van der Waals surface area contributed by atoms with Crippen LogP contribution in [0.2, 0.25) is 0 Å². The molecule has 1 aromatic heterocycles. The summed E-state index contributed by atoms with van der Waals surface area (Å²) in [5.74, 6) is -1.65. The molecule has 2 amide bonds. The number of furan rings is 1. The van der Waals surface area contributed by atoms with Gasteiger partial charge in [-0.15, -0.1) is 0 Å². The minimum absolute atomic E-state index is 0.00476. The van der Waals surface area contributed by atoms with Gasteiger partial charge in [0.05, 0.1) is 17.9 Å². The van der Waals surface area contributed by atoms with Gasteiger partial charge in [-0.1, -0.05) is 19.3 Å². The van der Waals surface area contributed by atoms with Crippen LogP contribution >= 0.6 is 0 Å². The van der Waals surface area contributed by atoms with Crippen LogP contribution in [-0.4, -0.2) is 28.1 Å². The molecule has 0 saturated heterocycles. The standard InChI is InChI=1S/C12H16N2O4/c13-11(15)9-6-7-18-10(9)12(16)14(17)8-4-2-1-3-5-8/h6-8,17H,1-5H2,(H2,13,15). The van der Waals surface area contributed by atoms with E-state index in [1.807, 2.05) is 0 Å². The summed E-state index contributed by atoms with van der Waals surface area (Å²) in [6, 6.07) is 1.11. The van der Waals surface area contributed by atoms with E-state index in [0.29, 0.717) is 5.06 Å². The van der Waals surface area contributed by atoms with Gasteiger partial charge in [0.1, 0.15) is 0 Å². The first kappa shape index (κ1) is 12.6. The molecule has 1 heterocycles. The second-order valence-corrected chi connectivity index (χ2v) is 4.47. The lowest BCUT2D eigenvalue weighted by molar-refractivity contribution is -0.0980. The summed E-state index contributed by atoms with van der Waals surface area (Å²) in [5.41, 5.74) is 5.12. The van der Waals surface area contributed by atoms with Gasteiger partial charge in [-0.05, 0) is 18.9 Å². The Balaban J connectivity index is 2.14. The summed E-state index contributed by atoms with van der Waals surface area (Å²) >= 11 is 0. The molecule has 1 fully saturated rings. The third-order valence-electron chi connectivity index (χ3n) is 3.25. The maximum absolute atomic E-state index is 12.0. The third-order valence-corrected chi connectivity index (χ3v) is 3.25. The van der Waals surface area contributed by atoms with Crippen LogP contribution in [0.25, 0.3) is 0 Å². The highest BCUT2D eigenvalue weighted by atomic mass is 16.5. The van der Waals surface area contributed by atoms with E-state index < -0.39 is 11.8 Å².